The van der Waals surface area contributed by atoms with Gasteiger partial charge in [-0.2, -0.15) is 0 Å². The van der Waals surface area contributed by atoms with E-state index in [-0.39, 0.29) is 0 Å². The van der Waals surface area contributed by atoms with Crippen molar-refractivity contribution in [1.29, 1.82) is 0 Å². The van der Waals surface area contributed by atoms with Crippen LogP contribution in [-0.2, 0) is 4.74 Å². The van der Waals surface area contributed by atoms with Crippen molar-refractivity contribution in [2.75, 3.05) is 19.5 Å². The number of hydrazine groups is 1. The van der Waals surface area contributed by atoms with Gasteiger partial charge in [-0.3, -0.25) is 0 Å². The van der Waals surface area contributed by atoms with Crippen molar-refractivity contribution < 1.29 is 19.1 Å². The molecule has 3 amide bonds. The van der Waals surface area contributed by atoms with Gasteiger partial charge in [0.1, 0.15) is 5.75 Å². The van der Waals surface area contributed by atoms with E-state index in [1.807, 2.05) is 5.43 Å². The Balaban J connectivity index is 2.53. The van der Waals surface area contributed by atoms with Crippen molar-refractivity contribution in [3.05, 3.63) is 24.3 Å². The average Bonchev–Trinajstić information content (AvgIpc) is 2.36. The standard InChI is InChI=1S/C10H13N3O4/c1-16-8-6-4-3-5-7(8)11-9(14)12-13-10(15)17-2/h3-6H,1-2H3,(H,13,15)(H2,11,12,14). The molecule has 0 aliphatic carbocycles. The third-order valence-corrected chi connectivity index (χ3v) is 1.82. The highest BCUT2D eigenvalue weighted by molar-refractivity contribution is 5.91. The fraction of sp³-hybridized carbons (Fsp3) is 0.200. The first-order valence-electron chi connectivity index (χ1n) is 4.71. The Hall–Kier alpha value is -2.44. The van der Waals surface area contributed by atoms with Crippen LogP contribution in [0.1, 0.15) is 0 Å². The summed E-state index contributed by atoms with van der Waals surface area (Å²) >= 11 is 0. The molecule has 7 nitrogen and oxygen atoms in total. The summed E-state index contributed by atoms with van der Waals surface area (Å²) in [4.78, 5) is 22.0. The SMILES string of the molecule is COC(=O)NNC(=O)Nc1ccccc1OC. The van der Waals surface area contributed by atoms with Gasteiger partial charge in [0.15, 0.2) is 0 Å². The van der Waals surface area contributed by atoms with E-state index in [9.17, 15) is 9.59 Å². The number of carbonyl (C=O) groups is 2. The number of urea groups is 1. The van der Waals surface area contributed by atoms with Crippen LogP contribution in [0.25, 0.3) is 0 Å². The maximum atomic E-state index is 11.4. The summed E-state index contributed by atoms with van der Waals surface area (Å²) in [5.41, 5.74) is 4.61. The minimum absolute atomic E-state index is 0.485. The van der Waals surface area contributed by atoms with Crippen molar-refractivity contribution in [3.63, 3.8) is 0 Å². The average molecular weight is 239 g/mol. The summed E-state index contributed by atoms with van der Waals surface area (Å²) in [5.74, 6) is 0.515. The predicted octanol–water partition coefficient (Wildman–Crippen LogP) is 1.09. The molecular weight excluding hydrogens is 226 g/mol. The number of methoxy groups -OCH3 is 2. The zero-order chi connectivity index (χ0) is 12.7. The number of anilines is 1. The van der Waals surface area contributed by atoms with E-state index >= 15 is 0 Å². The Morgan fingerprint density at radius 3 is 2.47 bits per heavy atom. The lowest BCUT2D eigenvalue weighted by Crippen LogP contribution is -2.43. The Bertz CT molecular complexity index is 408. The molecule has 17 heavy (non-hydrogen) atoms. The molecule has 1 aromatic rings. The number of para-hydroxylation sites is 2. The van der Waals surface area contributed by atoms with E-state index in [0.717, 1.165) is 0 Å². The number of hydrogen-bond acceptors (Lipinski definition) is 4. The molecule has 0 saturated carbocycles. The molecule has 1 aromatic carbocycles. The van der Waals surface area contributed by atoms with Crippen LogP contribution in [0.5, 0.6) is 5.75 Å². The van der Waals surface area contributed by atoms with Gasteiger partial charge < -0.3 is 14.8 Å². The smallest absolute Gasteiger partial charge is 0.425 e. The summed E-state index contributed by atoms with van der Waals surface area (Å²) in [6, 6.07) is 6.26. The zero-order valence-electron chi connectivity index (χ0n) is 9.44. The van der Waals surface area contributed by atoms with Gasteiger partial charge in [-0.15, -0.1) is 0 Å². The number of nitrogens with one attached hydrogen (secondary N) is 3. The molecule has 1 rings (SSSR count). The Morgan fingerprint density at radius 1 is 1.12 bits per heavy atom. The van der Waals surface area contributed by atoms with E-state index in [2.05, 4.69) is 15.5 Å². The van der Waals surface area contributed by atoms with Crippen molar-refractivity contribution in [1.82, 2.24) is 10.9 Å². The van der Waals surface area contributed by atoms with Crippen LogP contribution in [0.3, 0.4) is 0 Å². The normalized spacial score (nSPS) is 9.06. The van der Waals surface area contributed by atoms with Gasteiger partial charge in [0.25, 0.3) is 0 Å². The molecule has 0 aromatic heterocycles. The quantitative estimate of drug-likeness (QED) is 0.674. The fourth-order valence-corrected chi connectivity index (χ4v) is 1.06. The first-order valence-corrected chi connectivity index (χ1v) is 4.71. The summed E-state index contributed by atoms with van der Waals surface area (Å²) in [6.07, 6.45) is -0.764. The van der Waals surface area contributed by atoms with Crippen molar-refractivity contribution >= 4 is 17.8 Å². The molecule has 0 aliphatic heterocycles. The monoisotopic (exact) mass is 239 g/mol. The molecule has 0 radical (unpaired) electrons. The third-order valence-electron chi connectivity index (χ3n) is 1.82. The molecule has 3 N–H and O–H groups in total. The van der Waals surface area contributed by atoms with Gasteiger partial charge >= 0.3 is 12.1 Å². The lowest BCUT2D eigenvalue weighted by molar-refractivity contribution is 0.166. The number of carbonyl (C=O) groups excluding carboxylic acids is 2. The summed E-state index contributed by atoms with van der Waals surface area (Å²) in [5, 5.41) is 2.50. The molecule has 0 aliphatic rings. The van der Waals surface area contributed by atoms with Gasteiger partial charge in [0.2, 0.25) is 0 Å². The molecular formula is C10H13N3O4. The largest absolute Gasteiger partial charge is 0.495 e. The molecule has 92 valence electrons. The highest BCUT2D eigenvalue weighted by Gasteiger charge is 2.07. The van der Waals surface area contributed by atoms with E-state index in [1.54, 1.807) is 24.3 Å². The maximum Gasteiger partial charge on any atom is 0.425 e. The molecule has 0 bridgehead atoms. The number of rotatable bonds is 2. The molecule has 0 heterocycles. The first kappa shape index (κ1) is 12.6. The molecule has 0 fully saturated rings. The number of hydrogen-bond donors (Lipinski definition) is 3. The van der Waals surface area contributed by atoms with E-state index < -0.39 is 12.1 Å². The minimum Gasteiger partial charge on any atom is -0.495 e. The molecule has 0 unspecified atom stereocenters. The van der Waals surface area contributed by atoms with Crippen molar-refractivity contribution in [3.8, 4) is 5.75 Å². The second kappa shape index (κ2) is 6.21. The van der Waals surface area contributed by atoms with Gasteiger partial charge in [0.05, 0.1) is 19.9 Å². The zero-order valence-corrected chi connectivity index (χ0v) is 9.44. The number of ether oxygens (including phenoxy) is 2. The fourth-order valence-electron chi connectivity index (χ4n) is 1.06. The van der Waals surface area contributed by atoms with Gasteiger partial charge in [-0.25, -0.2) is 20.4 Å². The topological polar surface area (TPSA) is 88.7 Å². The Labute approximate surface area is 98.1 Å². The third kappa shape index (κ3) is 3.90. The van der Waals surface area contributed by atoms with Crippen LogP contribution in [0.15, 0.2) is 24.3 Å². The lowest BCUT2D eigenvalue weighted by atomic mass is 10.3. The van der Waals surface area contributed by atoms with Gasteiger partial charge in [-0.1, -0.05) is 12.1 Å². The second-order valence-electron chi connectivity index (χ2n) is 2.90. The Kier molecular flexibility index (Phi) is 4.61. The molecule has 7 heteroatoms. The molecule has 0 saturated heterocycles. The van der Waals surface area contributed by atoms with Crippen LogP contribution in [0.4, 0.5) is 15.3 Å². The number of amides is 3. The van der Waals surface area contributed by atoms with Crippen molar-refractivity contribution in [2.24, 2.45) is 0 Å². The van der Waals surface area contributed by atoms with Crippen molar-refractivity contribution in [2.45, 2.75) is 0 Å². The molecule has 0 spiro atoms. The maximum absolute atomic E-state index is 11.4. The predicted molar refractivity (Wildman–Crippen MR) is 60.7 cm³/mol. The second-order valence-corrected chi connectivity index (χ2v) is 2.90. The van der Waals surface area contributed by atoms with E-state index in [1.165, 1.54) is 14.2 Å². The van der Waals surface area contributed by atoms with E-state index in [4.69, 9.17) is 4.74 Å². The van der Waals surface area contributed by atoms with E-state index in [0.29, 0.717) is 11.4 Å². The summed E-state index contributed by atoms with van der Waals surface area (Å²) in [7, 11) is 2.68. The summed E-state index contributed by atoms with van der Waals surface area (Å²) < 4.78 is 9.32. The lowest BCUT2D eigenvalue weighted by Gasteiger charge is -2.10. The molecule has 0 atom stereocenters. The first-order chi connectivity index (χ1) is 8.17. The highest BCUT2D eigenvalue weighted by atomic mass is 16.5. The number of benzene rings is 1. The summed E-state index contributed by atoms with van der Waals surface area (Å²) in [6.45, 7) is 0. The van der Waals surface area contributed by atoms with Crippen LogP contribution >= 0.6 is 0 Å². The Morgan fingerprint density at radius 2 is 1.82 bits per heavy atom. The van der Waals surface area contributed by atoms with Crippen LogP contribution < -0.4 is 20.9 Å². The van der Waals surface area contributed by atoms with Gasteiger partial charge in [0, 0.05) is 0 Å². The van der Waals surface area contributed by atoms with Crippen LogP contribution in [0, 0.1) is 0 Å². The van der Waals surface area contributed by atoms with Crippen LogP contribution in [0.2, 0.25) is 0 Å². The van der Waals surface area contributed by atoms with Crippen LogP contribution in [-0.4, -0.2) is 26.3 Å². The van der Waals surface area contributed by atoms with Gasteiger partial charge in [-0.05, 0) is 12.1 Å². The minimum atomic E-state index is -0.764. The highest BCUT2D eigenvalue weighted by Crippen LogP contribution is 2.22.